The number of benzene rings is 1. The number of nitrogens with zero attached hydrogens (tertiary/aromatic N) is 1. The lowest BCUT2D eigenvalue weighted by Crippen LogP contribution is -2.39. The van der Waals surface area contributed by atoms with E-state index in [1.165, 1.54) is 0 Å². The molecule has 2 rings (SSSR count). The Balaban J connectivity index is 2.06. The SMILES string of the molecule is CCCCOC(=O)N1CCCCC1c1ccc(C=O)cc1. The molecule has 0 spiro atoms. The zero-order valence-electron chi connectivity index (χ0n) is 12.6. The molecule has 0 N–H and O–H groups in total. The van der Waals surface area contributed by atoms with E-state index in [0.29, 0.717) is 12.2 Å². The van der Waals surface area contributed by atoms with Crippen molar-refractivity contribution in [3.8, 4) is 0 Å². The number of piperidine rings is 1. The Bertz CT molecular complexity index is 469. The van der Waals surface area contributed by atoms with E-state index < -0.39 is 0 Å². The molecular formula is C17H23NO3. The van der Waals surface area contributed by atoms with Gasteiger partial charge in [0.15, 0.2) is 0 Å². The highest BCUT2D eigenvalue weighted by molar-refractivity contribution is 5.74. The Hall–Kier alpha value is -1.84. The molecule has 1 aliphatic heterocycles. The molecule has 4 nitrogen and oxygen atoms in total. The van der Waals surface area contributed by atoms with Crippen LogP contribution < -0.4 is 0 Å². The number of amides is 1. The lowest BCUT2D eigenvalue weighted by molar-refractivity contribution is 0.0720. The van der Waals surface area contributed by atoms with E-state index in [1.807, 2.05) is 17.0 Å². The molecule has 114 valence electrons. The van der Waals surface area contributed by atoms with E-state index in [-0.39, 0.29) is 12.1 Å². The zero-order chi connectivity index (χ0) is 15.1. The summed E-state index contributed by atoms with van der Waals surface area (Å²) in [7, 11) is 0. The Morgan fingerprint density at radius 1 is 1.33 bits per heavy atom. The summed E-state index contributed by atoms with van der Waals surface area (Å²) in [6, 6.07) is 7.54. The molecular weight excluding hydrogens is 266 g/mol. The molecule has 1 atom stereocenters. The van der Waals surface area contributed by atoms with Crippen LogP contribution in [0.15, 0.2) is 24.3 Å². The minimum Gasteiger partial charge on any atom is -0.449 e. The number of carbonyl (C=O) groups is 2. The summed E-state index contributed by atoms with van der Waals surface area (Å²) < 4.78 is 5.35. The number of rotatable bonds is 5. The fourth-order valence-electron chi connectivity index (χ4n) is 2.68. The summed E-state index contributed by atoms with van der Waals surface area (Å²) in [5, 5.41) is 0. The van der Waals surface area contributed by atoms with Crippen molar-refractivity contribution in [3.63, 3.8) is 0 Å². The lowest BCUT2D eigenvalue weighted by atomic mass is 9.95. The minimum absolute atomic E-state index is 0.0635. The summed E-state index contributed by atoms with van der Waals surface area (Å²) >= 11 is 0. The molecule has 0 bridgehead atoms. The van der Waals surface area contributed by atoms with Gasteiger partial charge in [0.05, 0.1) is 12.6 Å². The maximum atomic E-state index is 12.2. The average Bonchev–Trinajstić information content (AvgIpc) is 2.55. The zero-order valence-corrected chi connectivity index (χ0v) is 12.6. The number of carbonyl (C=O) groups excluding carboxylic acids is 2. The van der Waals surface area contributed by atoms with Crippen molar-refractivity contribution < 1.29 is 14.3 Å². The van der Waals surface area contributed by atoms with Crippen LogP contribution in [0, 0.1) is 0 Å². The van der Waals surface area contributed by atoms with Gasteiger partial charge in [-0.2, -0.15) is 0 Å². The second-order valence-corrected chi connectivity index (χ2v) is 5.46. The molecule has 0 aromatic heterocycles. The largest absolute Gasteiger partial charge is 0.449 e. The van der Waals surface area contributed by atoms with Crippen molar-refractivity contribution in [1.29, 1.82) is 0 Å². The van der Waals surface area contributed by atoms with E-state index in [4.69, 9.17) is 4.74 Å². The summed E-state index contributed by atoms with van der Waals surface area (Å²) in [6.45, 7) is 3.31. The first kappa shape index (κ1) is 15.5. The van der Waals surface area contributed by atoms with Crippen molar-refractivity contribution in [2.24, 2.45) is 0 Å². The molecule has 1 saturated heterocycles. The number of hydrogen-bond donors (Lipinski definition) is 0. The summed E-state index contributed by atoms with van der Waals surface area (Å²) in [6.07, 6.45) is 5.62. The molecule has 0 radical (unpaired) electrons. The third-order valence-electron chi connectivity index (χ3n) is 3.92. The van der Waals surface area contributed by atoms with Crippen LogP contribution in [0.4, 0.5) is 4.79 Å². The molecule has 1 unspecified atom stereocenters. The van der Waals surface area contributed by atoms with Gasteiger partial charge in [0.25, 0.3) is 0 Å². The van der Waals surface area contributed by atoms with Crippen LogP contribution in [0.1, 0.15) is 61.0 Å². The van der Waals surface area contributed by atoms with Crippen molar-refractivity contribution in [3.05, 3.63) is 35.4 Å². The Morgan fingerprint density at radius 3 is 2.76 bits per heavy atom. The van der Waals surface area contributed by atoms with Crippen molar-refractivity contribution in [1.82, 2.24) is 4.90 Å². The van der Waals surface area contributed by atoms with Gasteiger partial charge in [-0.05, 0) is 31.2 Å². The van der Waals surface area contributed by atoms with Crippen LogP contribution in [-0.2, 0) is 4.74 Å². The van der Waals surface area contributed by atoms with Gasteiger partial charge in [-0.25, -0.2) is 4.79 Å². The van der Waals surface area contributed by atoms with Gasteiger partial charge in [-0.3, -0.25) is 4.79 Å². The number of hydrogen-bond acceptors (Lipinski definition) is 3. The first-order chi connectivity index (χ1) is 10.3. The van der Waals surface area contributed by atoms with E-state index in [1.54, 1.807) is 12.1 Å². The van der Waals surface area contributed by atoms with Gasteiger partial charge in [0.1, 0.15) is 6.29 Å². The predicted molar refractivity (Wildman–Crippen MR) is 81.4 cm³/mol. The van der Waals surface area contributed by atoms with Crippen molar-refractivity contribution in [2.75, 3.05) is 13.2 Å². The molecule has 1 amide bonds. The van der Waals surface area contributed by atoms with E-state index >= 15 is 0 Å². The van der Waals surface area contributed by atoms with Crippen molar-refractivity contribution in [2.45, 2.75) is 45.1 Å². The highest BCUT2D eigenvalue weighted by Gasteiger charge is 2.28. The molecule has 1 aromatic rings. The average molecular weight is 289 g/mol. The molecule has 1 fully saturated rings. The maximum Gasteiger partial charge on any atom is 0.410 e. The van der Waals surface area contributed by atoms with Crippen LogP contribution in [0.5, 0.6) is 0 Å². The van der Waals surface area contributed by atoms with Crippen LogP contribution >= 0.6 is 0 Å². The molecule has 21 heavy (non-hydrogen) atoms. The second-order valence-electron chi connectivity index (χ2n) is 5.46. The normalized spacial score (nSPS) is 18.3. The van der Waals surface area contributed by atoms with Gasteiger partial charge >= 0.3 is 6.09 Å². The molecule has 1 aromatic carbocycles. The van der Waals surface area contributed by atoms with Gasteiger partial charge in [0, 0.05) is 12.1 Å². The van der Waals surface area contributed by atoms with E-state index in [0.717, 1.165) is 50.5 Å². The lowest BCUT2D eigenvalue weighted by Gasteiger charge is -2.35. The third kappa shape index (κ3) is 4.06. The van der Waals surface area contributed by atoms with E-state index in [2.05, 4.69) is 6.92 Å². The van der Waals surface area contributed by atoms with Crippen LogP contribution in [-0.4, -0.2) is 30.4 Å². The first-order valence-corrected chi connectivity index (χ1v) is 7.74. The Labute approximate surface area is 126 Å². The Morgan fingerprint density at radius 2 is 2.10 bits per heavy atom. The number of unbranched alkanes of at least 4 members (excludes halogenated alkanes) is 1. The fraction of sp³-hybridized carbons (Fsp3) is 0.529. The quantitative estimate of drug-likeness (QED) is 0.609. The Kier molecular flexibility index (Phi) is 5.78. The molecule has 4 heteroatoms. The molecule has 0 saturated carbocycles. The van der Waals surface area contributed by atoms with E-state index in [9.17, 15) is 9.59 Å². The molecule has 0 aliphatic carbocycles. The standard InChI is InChI=1S/C17H23NO3/c1-2-3-12-21-17(20)18-11-5-4-6-16(18)15-9-7-14(13-19)8-10-15/h7-10,13,16H,2-6,11-12H2,1H3. The fourth-order valence-corrected chi connectivity index (χ4v) is 2.68. The highest BCUT2D eigenvalue weighted by Crippen LogP contribution is 2.31. The molecule has 1 aliphatic rings. The third-order valence-corrected chi connectivity index (χ3v) is 3.92. The van der Waals surface area contributed by atoms with Crippen LogP contribution in [0.2, 0.25) is 0 Å². The highest BCUT2D eigenvalue weighted by atomic mass is 16.6. The number of ether oxygens (including phenoxy) is 1. The van der Waals surface area contributed by atoms with Crippen molar-refractivity contribution >= 4 is 12.4 Å². The summed E-state index contributed by atoms with van der Waals surface area (Å²) in [5.41, 5.74) is 1.74. The van der Waals surface area contributed by atoms with Gasteiger partial charge < -0.3 is 9.64 Å². The van der Waals surface area contributed by atoms with Gasteiger partial charge in [-0.15, -0.1) is 0 Å². The monoisotopic (exact) mass is 289 g/mol. The van der Waals surface area contributed by atoms with Gasteiger partial charge in [-0.1, -0.05) is 37.6 Å². The maximum absolute atomic E-state index is 12.2. The number of likely N-dealkylation sites (tertiary alicyclic amines) is 1. The summed E-state index contributed by atoms with van der Waals surface area (Å²) in [4.78, 5) is 24.8. The van der Waals surface area contributed by atoms with Crippen LogP contribution in [0.3, 0.4) is 0 Å². The summed E-state index contributed by atoms with van der Waals surface area (Å²) in [5.74, 6) is 0. The minimum atomic E-state index is -0.215. The van der Waals surface area contributed by atoms with Crippen LogP contribution in [0.25, 0.3) is 0 Å². The predicted octanol–water partition coefficient (Wildman–Crippen LogP) is 3.96. The topological polar surface area (TPSA) is 46.6 Å². The second kappa shape index (κ2) is 7.81. The first-order valence-electron chi connectivity index (χ1n) is 7.74. The molecule has 1 heterocycles. The number of aldehydes is 1. The smallest absolute Gasteiger partial charge is 0.410 e. The van der Waals surface area contributed by atoms with Gasteiger partial charge in [0.2, 0.25) is 0 Å².